The van der Waals surface area contributed by atoms with E-state index in [9.17, 15) is 4.39 Å². The Bertz CT molecular complexity index is 658. The lowest BCUT2D eigenvalue weighted by molar-refractivity contribution is 0.223. The summed E-state index contributed by atoms with van der Waals surface area (Å²) in [4.78, 5) is 0. The van der Waals surface area contributed by atoms with Crippen LogP contribution in [0.1, 0.15) is 37.8 Å². The number of halogens is 1. The summed E-state index contributed by atoms with van der Waals surface area (Å²) in [6, 6.07) is 12.7. The van der Waals surface area contributed by atoms with Crippen LogP contribution in [0.2, 0.25) is 0 Å². The van der Waals surface area contributed by atoms with Crippen LogP contribution in [0.25, 0.3) is 0 Å². The maximum Gasteiger partial charge on any atom is 0.161 e. The quantitative estimate of drug-likeness (QED) is 0.784. The SMILES string of the molecule is CCOc1cc(CC(CN)c2ccccc2F)ccc1OC(C)C. The molecule has 2 aromatic carbocycles. The molecule has 24 heavy (non-hydrogen) atoms. The van der Waals surface area contributed by atoms with Crippen LogP contribution in [-0.4, -0.2) is 19.3 Å². The number of hydrogen-bond donors (Lipinski definition) is 1. The van der Waals surface area contributed by atoms with Gasteiger partial charge in [0.05, 0.1) is 12.7 Å². The molecule has 0 radical (unpaired) electrons. The molecular weight excluding hydrogens is 305 g/mol. The van der Waals surface area contributed by atoms with Gasteiger partial charge < -0.3 is 15.2 Å². The Kier molecular flexibility index (Phi) is 6.62. The van der Waals surface area contributed by atoms with Crippen molar-refractivity contribution in [2.24, 2.45) is 5.73 Å². The topological polar surface area (TPSA) is 44.5 Å². The fraction of sp³-hybridized carbons (Fsp3) is 0.400. The maximum atomic E-state index is 14.0. The van der Waals surface area contributed by atoms with Gasteiger partial charge in [0, 0.05) is 5.92 Å². The summed E-state index contributed by atoms with van der Waals surface area (Å²) in [6.07, 6.45) is 0.727. The summed E-state index contributed by atoms with van der Waals surface area (Å²) in [5.74, 6) is 1.16. The number of benzene rings is 2. The molecule has 0 heterocycles. The smallest absolute Gasteiger partial charge is 0.161 e. The van der Waals surface area contributed by atoms with Gasteiger partial charge in [0.15, 0.2) is 11.5 Å². The predicted octanol–water partition coefficient (Wildman–Crippen LogP) is 4.30. The third-order valence-electron chi connectivity index (χ3n) is 3.78. The van der Waals surface area contributed by atoms with Gasteiger partial charge in [-0.1, -0.05) is 24.3 Å². The van der Waals surface area contributed by atoms with E-state index in [1.54, 1.807) is 12.1 Å². The molecule has 0 fully saturated rings. The van der Waals surface area contributed by atoms with Gasteiger partial charge in [-0.3, -0.25) is 0 Å². The van der Waals surface area contributed by atoms with Crippen LogP contribution in [0, 0.1) is 5.82 Å². The Hall–Kier alpha value is -2.07. The fourth-order valence-corrected chi connectivity index (χ4v) is 2.71. The Labute approximate surface area is 143 Å². The van der Waals surface area contributed by atoms with Gasteiger partial charge >= 0.3 is 0 Å². The molecule has 4 heteroatoms. The molecule has 2 aromatic rings. The largest absolute Gasteiger partial charge is 0.490 e. The third kappa shape index (κ3) is 4.71. The molecule has 130 valence electrons. The predicted molar refractivity (Wildman–Crippen MR) is 95.3 cm³/mol. The Morgan fingerprint density at radius 3 is 2.46 bits per heavy atom. The van der Waals surface area contributed by atoms with Crippen molar-refractivity contribution in [3.63, 3.8) is 0 Å². The van der Waals surface area contributed by atoms with Gasteiger partial charge in [0.2, 0.25) is 0 Å². The van der Waals surface area contributed by atoms with Gasteiger partial charge in [0.25, 0.3) is 0 Å². The zero-order chi connectivity index (χ0) is 17.5. The van der Waals surface area contributed by atoms with E-state index < -0.39 is 0 Å². The Morgan fingerprint density at radius 2 is 1.83 bits per heavy atom. The maximum absolute atomic E-state index is 14.0. The average molecular weight is 331 g/mol. The van der Waals surface area contributed by atoms with E-state index in [2.05, 4.69) is 0 Å². The van der Waals surface area contributed by atoms with E-state index in [1.165, 1.54) is 6.07 Å². The van der Waals surface area contributed by atoms with Crippen LogP contribution in [-0.2, 0) is 6.42 Å². The highest BCUT2D eigenvalue weighted by Gasteiger charge is 2.16. The molecule has 0 amide bonds. The normalized spacial score (nSPS) is 12.2. The molecule has 0 spiro atoms. The van der Waals surface area contributed by atoms with Crippen molar-refractivity contribution in [1.82, 2.24) is 0 Å². The summed E-state index contributed by atoms with van der Waals surface area (Å²) < 4.78 is 25.5. The molecule has 1 unspecified atom stereocenters. The second-order valence-corrected chi connectivity index (χ2v) is 6.04. The minimum absolute atomic E-state index is 0.0717. The summed E-state index contributed by atoms with van der Waals surface area (Å²) >= 11 is 0. The summed E-state index contributed by atoms with van der Waals surface area (Å²) in [5, 5.41) is 0. The molecule has 2 rings (SSSR count). The van der Waals surface area contributed by atoms with E-state index in [1.807, 2.05) is 45.0 Å². The van der Waals surface area contributed by atoms with Crippen molar-refractivity contribution in [1.29, 1.82) is 0 Å². The molecule has 0 aromatic heterocycles. The molecule has 0 bridgehead atoms. The monoisotopic (exact) mass is 331 g/mol. The van der Waals surface area contributed by atoms with Crippen LogP contribution in [0.5, 0.6) is 11.5 Å². The first-order valence-corrected chi connectivity index (χ1v) is 8.42. The van der Waals surface area contributed by atoms with Gasteiger partial charge in [0.1, 0.15) is 5.82 Å². The number of ether oxygens (including phenoxy) is 2. The fourth-order valence-electron chi connectivity index (χ4n) is 2.71. The lowest BCUT2D eigenvalue weighted by Crippen LogP contribution is -2.16. The van der Waals surface area contributed by atoms with E-state index in [-0.39, 0.29) is 17.8 Å². The molecular formula is C20H26FNO2. The number of hydrogen-bond acceptors (Lipinski definition) is 3. The van der Waals surface area contributed by atoms with E-state index >= 15 is 0 Å². The summed E-state index contributed by atoms with van der Waals surface area (Å²) in [7, 11) is 0. The van der Waals surface area contributed by atoms with Crippen molar-refractivity contribution in [2.75, 3.05) is 13.2 Å². The van der Waals surface area contributed by atoms with Gasteiger partial charge in [-0.05, 0) is 63.1 Å². The first-order chi connectivity index (χ1) is 11.5. The average Bonchev–Trinajstić information content (AvgIpc) is 2.55. The Balaban J connectivity index is 2.24. The molecule has 0 aliphatic rings. The highest BCUT2D eigenvalue weighted by Crippen LogP contribution is 2.31. The molecule has 3 nitrogen and oxygen atoms in total. The van der Waals surface area contributed by atoms with Crippen molar-refractivity contribution in [3.8, 4) is 11.5 Å². The Morgan fingerprint density at radius 1 is 1.08 bits per heavy atom. The number of rotatable bonds is 8. The highest BCUT2D eigenvalue weighted by atomic mass is 19.1. The van der Waals surface area contributed by atoms with E-state index in [0.29, 0.717) is 30.9 Å². The van der Waals surface area contributed by atoms with Gasteiger partial charge in [-0.25, -0.2) is 4.39 Å². The zero-order valence-corrected chi connectivity index (χ0v) is 14.6. The van der Waals surface area contributed by atoms with Gasteiger partial charge in [-0.15, -0.1) is 0 Å². The molecule has 2 N–H and O–H groups in total. The molecule has 0 aliphatic carbocycles. The van der Waals surface area contributed by atoms with Crippen LogP contribution in [0.4, 0.5) is 4.39 Å². The zero-order valence-electron chi connectivity index (χ0n) is 14.6. The molecule has 1 atom stereocenters. The highest BCUT2D eigenvalue weighted by molar-refractivity contribution is 5.43. The second kappa shape index (κ2) is 8.69. The third-order valence-corrected chi connectivity index (χ3v) is 3.78. The standard InChI is InChI=1S/C20H26FNO2/c1-4-23-20-12-15(9-10-19(20)24-14(2)3)11-16(13-22)17-7-5-6-8-18(17)21/h5-10,12,14,16H,4,11,13,22H2,1-3H3. The number of nitrogens with two attached hydrogens (primary N) is 1. The van der Waals surface area contributed by atoms with Crippen molar-refractivity contribution < 1.29 is 13.9 Å². The van der Waals surface area contributed by atoms with E-state index in [0.717, 1.165) is 11.3 Å². The first kappa shape index (κ1) is 18.3. The van der Waals surface area contributed by atoms with Crippen molar-refractivity contribution in [2.45, 2.75) is 39.2 Å². The van der Waals surface area contributed by atoms with Crippen LogP contribution in [0.15, 0.2) is 42.5 Å². The van der Waals surface area contributed by atoms with Crippen LogP contribution >= 0.6 is 0 Å². The van der Waals surface area contributed by atoms with Gasteiger partial charge in [-0.2, -0.15) is 0 Å². The first-order valence-electron chi connectivity index (χ1n) is 8.42. The lowest BCUT2D eigenvalue weighted by atomic mass is 9.91. The van der Waals surface area contributed by atoms with E-state index in [4.69, 9.17) is 15.2 Å². The summed E-state index contributed by atoms with van der Waals surface area (Å²) in [5.41, 5.74) is 7.59. The molecule has 0 saturated heterocycles. The minimum Gasteiger partial charge on any atom is -0.490 e. The van der Waals surface area contributed by atoms with Crippen LogP contribution < -0.4 is 15.2 Å². The van der Waals surface area contributed by atoms with Crippen molar-refractivity contribution >= 4 is 0 Å². The second-order valence-electron chi connectivity index (χ2n) is 6.04. The van der Waals surface area contributed by atoms with Crippen molar-refractivity contribution in [3.05, 3.63) is 59.4 Å². The lowest BCUT2D eigenvalue weighted by Gasteiger charge is -2.19. The van der Waals surface area contributed by atoms with Crippen LogP contribution in [0.3, 0.4) is 0 Å². The minimum atomic E-state index is -0.210. The summed E-state index contributed by atoms with van der Waals surface area (Å²) in [6.45, 7) is 6.84. The molecule has 0 aliphatic heterocycles. The molecule has 0 saturated carbocycles.